The highest BCUT2D eigenvalue weighted by atomic mass is 16.4. The predicted molar refractivity (Wildman–Crippen MR) is 114 cm³/mol. The summed E-state index contributed by atoms with van der Waals surface area (Å²) in [6, 6.07) is 5.09. The Hall–Kier alpha value is -3.61. The minimum Gasteiger partial charge on any atom is -0.481 e. The van der Waals surface area contributed by atoms with Crippen molar-refractivity contribution in [2.75, 3.05) is 5.32 Å². The third kappa shape index (κ3) is 6.70. The second kappa shape index (κ2) is 10.1. The van der Waals surface area contributed by atoms with Gasteiger partial charge in [0.2, 0.25) is 11.8 Å². The molecule has 0 radical (unpaired) electrons. The van der Waals surface area contributed by atoms with Crippen LogP contribution >= 0.6 is 0 Å². The fraction of sp³-hybridized carbons (Fsp3) is 0.500. The summed E-state index contributed by atoms with van der Waals surface area (Å²) in [7, 11) is 0. The van der Waals surface area contributed by atoms with Crippen LogP contribution in [0.2, 0.25) is 0 Å². The first-order valence-corrected chi connectivity index (χ1v) is 10.7. The van der Waals surface area contributed by atoms with Crippen LogP contribution in [0.5, 0.6) is 0 Å². The Labute approximate surface area is 185 Å². The molecule has 0 spiro atoms. The van der Waals surface area contributed by atoms with Crippen molar-refractivity contribution in [1.82, 2.24) is 16.0 Å². The van der Waals surface area contributed by atoms with Gasteiger partial charge in [-0.25, -0.2) is 4.79 Å². The molecule has 2 saturated carbocycles. The molecule has 0 saturated heterocycles. The van der Waals surface area contributed by atoms with E-state index in [2.05, 4.69) is 21.3 Å². The van der Waals surface area contributed by atoms with Crippen LogP contribution in [0.1, 0.15) is 44.6 Å². The molecule has 2 aliphatic carbocycles. The molecule has 4 amide bonds. The number of urea groups is 1. The highest BCUT2D eigenvalue weighted by Gasteiger charge is 2.42. The number of carbonyl (C=O) groups excluding carboxylic acids is 3. The fourth-order valence-corrected chi connectivity index (χ4v) is 3.54. The molecular formula is C22H27N5O5. The van der Waals surface area contributed by atoms with Crippen molar-refractivity contribution in [3.63, 3.8) is 0 Å². The molecule has 1 aromatic rings. The molecule has 0 bridgehead atoms. The monoisotopic (exact) mass is 441 g/mol. The summed E-state index contributed by atoms with van der Waals surface area (Å²) >= 11 is 0. The van der Waals surface area contributed by atoms with Gasteiger partial charge in [0.25, 0.3) is 0 Å². The van der Waals surface area contributed by atoms with Gasteiger partial charge in [-0.15, -0.1) is 0 Å². The summed E-state index contributed by atoms with van der Waals surface area (Å²) in [6.07, 6.45) is 3.75. The summed E-state index contributed by atoms with van der Waals surface area (Å²) in [6.45, 7) is 1.53. The van der Waals surface area contributed by atoms with Gasteiger partial charge < -0.3 is 26.4 Å². The van der Waals surface area contributed by atoms with Crippen molar-refractivity contribution < 1.29 is 24.3 Å². The number of nitrogens with zero attached hydrogens (tertiary/aromatic N) is 1. The first kappa shape index (κ1) is 23.1. The van der Waals surface area contributed by atoms with E-state index in [-0.39, 0.29) is 11.9 Å². The molecule has 0 heterocycles. The highest BCUT2D eigenvalue weighted by molar-refractivity contribution is 5.96. The molecule has 5 N–H and O–H groups in total. The number of carboxylic acid groups (broad SMARTS) is 1. The third-order valence-corrected chi connectivity index (χ3v) is 5.59. The van der Waals surface area contributed by atoms with E-state index in [1.807, 2.05) is 6.07 Å². The van der Waals surface area contributed by atoms with Gasteiger partial charge in [-0.05, 0) is 68.7 Å². The number of amides is 4. The van der Waals surface area contributed by atoms with Crippen molar-refractivity contribution in [3.8, 4) is 6.07 Å². The Kier molecular flexibility index (Phi) is 7.30. The van der Waals surface area contributed by atoms with Crippen molar-refractivity contribution in [2.45, 2.75) is 57.2 Å². The molecule has 0 aliphatic heterocycles. The first-order valence-electron chi connectivity index (χ1n) is 10.7. The zero-order valence-corrected chi connectivity index (χ0v) is 17.8. The lowest BCUT2D eigenvalue weighted by atomic mass is 10.1. The van der Waals surface area contributed by atoms with Crippen molar-refractivity contribution in [3.05, 3.63) is 29.8 Å². The van der Waals surface area contributed by atoms with Crippen LogP contribution in [-0.4, -0.2) is 47.0 Å². The maximum absolute atomic E-state index is 12.6. The van der Waals surface area contributed by atoms with Crippen LogP contribution in [0.3, 0.4) is 0 Å². The van der Waals surface area contributed by atoms with Crippen LogP contribution in [0, 0.1) is 23.2 Å². The highest BCUT2D eigenvalue weighted by Crippen LogP contribution is 2.44. The lowest BCUT2D eigenvalue weighted by molar-refractivity contribution is -0.140. The first-order chi connectivity index (χ1) is 15.3. The van der Waals surface area contributed by atoms with Crippen molar-refractivity contribution in [2.24, 2.45) is 11.8 Å². The molecular weight excluding hydrogens is 414 g/mol. The number of benzene rings is 1. The zero-order chi connectivity index (χ0) is 23.3. The third-order valence-electron chi connectivity index (χ3n) is 5.59. The van der Waals surface area contributed by atoms with Crippen LogP contribution in [-0.2, 0) is 14.4 Å². The lowest BCUT2D eigenvalue weighted by Crippen LogP contribution is -2.55. The zero-order valence-electron chi connectivity index (χ0n) is 17.8. The molecule has 2 atom stereocenters. The molecule has 3 rings (SSSR count). The van der Waals surface area contributed by atoms with Gasteiger partial charge in [0, 0.05) is 11.7 Å². The normalized spacial score (nSPS) is 16.9. The molecule has 1 aromatic carbocycles. The average molecular weight is 441 g/mol. The van der Waals surface area contributed by atoms with Gasteiger partial charge in [0.15, 0.2) is 0 Å². The Balaban J connectivity index is 1.54. The Morgan fingerprint density at radius 2 is 1.59 bits per heavy atom. The molecule has 2 fully saturated rings. The Morgan fingerprint density at radius 3 is 2.09 bits per heavy atom. The molecule has 170 valence electrons. The summed E-state index contributed by atoms with van der Waals surface area (Å²) in [5.41, 5.74) is 0.784. The number of nitrogens with one attached hydrogen (secondary N) is 4. The van der Waals surface area contributed by atoms with Gasteiger partial charge >= 0.3 is 12.0 Å². The number of rotatable bonds is 10. The van der Waals surface area contributed by atoms with E-state index in [1.54, 1.807) is 0 Å². The fourth-order valence-electron chi connectivity index (χ4n) is 3.54. The Morgan fingerprint density at radius 1 is 1.00 bits per heavy atom. The van der Waals surface area contributed by atoms with E-state index in [9.17, 15) is 19.2 Å². The van der Waals surface area contributed by atoms with E-state index in [4.69, 9.17) is 10.4 Å². The van der Waals surface area contributed by atoms with E-state index in [1.165, 1.54) is 31.2 Å². The van der Waals surface area contributed by atoms with Crippen molar-refractivity contribution in [1.29, 1.82) is 5.26 Å². The van der Waals surface area contributed by atoms with Crippen molar-refractivity contribution >= 4 is 29.5 Å². The molecule has 10 heteroatoms. The van der Waals surface area contributed by atoms with E-state index in [0.717, 1.165) is 25.7 Å². The number of aliphatic carboxylic acids is 1. The molecule has 2 unspecified atom stereocenters. The number of hydrogen-bond acceptors (Lipinski definition) is 5. The Bertz CT molecular complexity index is 906. The molecule has 2 aliphatic rings. The second-order valence-electron chi connectivity index (χ2n) is 8.38. The molecule has 32 heavy (non-hydrogen) atoms. The summed E-state index contributed by atoms with van der Waals surface area (Å²) in [4.78, 5) is 48.6. The molecule has 0 aromatic heterocycles. The smallest absolute Gasteiger partial charge is 0.319 e. The topological polar surface area (TPSA) is 160 Å². The van der Waals surface area contributed by atoms with Gasteiger partial charge in [-0.2, -0.15) is 5.26 Å². The number of carboxylic acids is 1. The van der Waals surface area contributed by atoms with Crippen LogP contribution in [0.4, 0.5) is 10.5 Å². The largest absolute Gasteiger partial charge is 0.481 e. The minimum absolute atomic E-state index is 0.132. The molecule has 10 nitrogen and oxygen atoms in total. The number of anilines is 1. The summed E-state index contributed by atoms with van der Waals surface area (Å²) in [5, 5.41) is 28.3. The van der Waals surface area contributed by atoms with Crippen LogP contribution in [0.15, 0.2) is 24.3 Å². The maximum Gasteiger partial charge on any atom is 0.319 e. The van der Waals surface area contributed by atoms with E-state index >= 15 is 0 Å². The maximum atomic E-state index is 12.6. The van der Waals surface area contributed by atoms with Gasteiger partial charge in [-0.1, -0.05) is 0 Å². The minimum atomic E-state index is -1.37. The van der Waals surface area contributed by atoms with Gasteiger partial charge in [0.05, 0.1) is 18.1 Å². The van der Waals surface area contributed by atoms with Gasteiger partial charge in [0.1, 0.15) is 12.1 Å². The average Bonchev–Trinajstić information content (AvgIpc) is 3.65. The number of nitriles is 1. The van der Waals surface area contributed by atoms with E-state index < -0.39 is 36.4 Å². The van der Waals surface area contributed by atoms with Crippen LogP contribution in [0.25, 0.3) is 0 Å². The number of carbonyl (C=O) groups is 4. The van der Waals surface area contributed by atoms with Crippen LogP contribution < -0.4 is 21.3 Å². The second-order valence-corrected chi connectivity index (χ2v) is 8.38. The summed E-state index contributed by atoms with van der Waals surface area (Å²) in [5.74, 6) is -1.36. The van der Waals surface area contributed by atoms with Gasteiger partial charge in [-0.3, -0.25) is 14.4 Å². The predicted octanol–water partition coefficient (Wildman–Crippen LogP) is 1.33. The SMILES string of the molecule is CC(NC(=O)C(CC(=O)O)NC(=O)Nc1ccc(C#N)cc1)C(=O)NC(C1CC1)C1CC1. The standard InChI is InChI=1S/C22H27N5O5/c1-12(20(30)27-19(14-4-5-14)15-6-7-15)24-21(31)17(10-18(28)29)26-22(32)25-16-8-2-13(11-23)3-9-16/h2-3,8-9,12,14-15,17,19H,4-7,10H2,1H3,(H,24,31)(H,27,30)(H,28,29)(H2,25,26,32). The quantitative estimate of drug-likeness (QED) is 0.368. The number of hydrogen-bond donors (Lipinski definition) is 5. The summed E-state index contributed by atoms with van der Waals surface area (Å²) < 4.78 is 0. The van der Waals surface area contributed by atoms with E-state index in [0.29, 0.717) is 23.1 Å². The lowest BCUT2D eigenvalue weighted by Gasteiger charge is -2.23.